The van der Waals surface area contributed by atoms with E-state index < -0.39 is 0 Å². The standard InChI is InChI=1S/C19H27N3O2/c20-19(24)17-10-3-4-11-22(17)13-18(23)21-12-15-8-5-7-14-6-1-2-9-16(14)15/h1-2,6,9,15,17H,3-5,7-8,10-13H2,(H2,20,24)(H,21,23). The van der Waals surface area contributed by atoms with Gasteiger partial charge in [0.1, 0.15) is 0 Å². The van der Waals surface area contributed by atoms with E-state index in [9.17, 15) is 9.59 Å². The summed E-state index contributed by atoms with van der Waals surface area (Å²) in [5, 5.41) is 3.07. The highest BCUT2D eigenvalue weighted by Gasteiger charge is 2.28. The Morgan fingerprint density at radius 1 is 1.17 bits per heavy atom. The molecule has 130 valence electrons. The molecule has 5 heteroatoms. The first-order valence-electron chi connectivity index (χ1n) is 9.03. The van der Waals surface area contributed by atoms with E-state index in [2.05, 4.69) is 29.6 Å². The van der Waals surface area contributed by atoms with Crippen LogP contribution in [0.2, 0.25) is 0 Å². The molecule has 0 radical (unpaired) electrons. The maximum Gasteiger partial charge on any atom is 0.234 e. The Morgan fingerprint density at radius 3 is 2.83 bits per heavy atom. The molecule has 0 aromatic heterocycles. The second kappa shape index (κ2) is 7.79. The molecule has 1 aliphatic heterocycles. The van der Waals surface area contributed by atoms with Crippen molar-refractivity contribution in [3.63, 3.8) is 0 Å². The number of nitrogens with one attached hydrogen (secondary N) is 1. The lowest BCUT2D eigenvalue weighted by Crippen LogP contribution is -2.51. The molecule has 2 amide bonds. The fourth-order valence-corrected chi connectivity index (χ4v) is 4.05. The molecule has 1 heterocycles. The van der Waals surface area contributed by atoms with Gasteiger partial charge in [0.15, 0.2) is 0 Å². The number of hydrogen-bond acceptors (Lipinski definition) is 3. The summed E-state index contributed by atoms with van der Waals surface area (Å²) in [7, 11) is 0. The number of fused-ring (bicyclic) bond motifs is 1. The van der Waals surface area contributed by atoms with Gasteiger partial charge in [-0.3, -0.25) is 14.5 Å². The molecule has 1 aromatic carbocycles. The quantitative estimate of drug-likeness (QED) is 0.861. The zero-order valence-corrected chi connectivity index (χ0v) is 14.2. The van der Waals surface area contributed by atoms with Crippen LogP contribution >= 0.6 is 0 Å². The molecule has 2 unspecified atom stereocenters. The second-order valence-corrected chi connectivity index (χ2v) is 6.98. The van der Waals surface area contributed by atoms with Crippen molar-refractivity contribution in [3.05, 3.63) is 35.4 Å². The van der Waals surface area contributed by atoms with Crippen LogP contribution in [0.1, 0.15) is 49.1 Å². The molecule has 1 saturated heterocycles. The number of aryl methyl sites for hydroxylation is 1. The van der Waals surface area contributed by atoms with Gasteiger partial charge in [-0.1, -0.05) is 30.7 Å². The molecule has 3 N–H and O–H groups in total. The van der Waals surface area contributed by atoms with E-state index in [1.54, 1.807) is 0 Å². The predicted octanol–water partition coefficient (Wildman–Crippen LogP) is 1.56. The molecular formula is C19H27N3O2. The average Bonchev–Trinajstić information content (AvgIpc) is 2.60. The lowest BCUT2D eigenvalue weighted by atomic mass is 9.83. The van der Waals surface area contributed by atoms with Gasteiger partial charge in [-0.2, -0.15) is 0 Å². The Hall–Kier alpha value is -1.88. The lowest BCUT2D eigenvalue weighted by Gasteiger charge is -2.33. The Bertz CT molecular complexity index is 602. The fraction of sp³-hybridized carbons (Fsp3) is 0.579. The Labute approximate surface area is 143 Å². The first-order chi connectivity index (χ1) is 11.6. The zero-order valence-electron chi connectivity index (χ0n) is 14.2. The third-order valence-electron chi connectivity index (χ3n) is 5.33. The summed E-state index contributed by atoms with van der Waals surface area (Å²) in [6.45, 7) is 1.71. The number of carbonyl (C=O) groups excluding carboxylic acids is 2. The molecule has 0 saturated carbocycles. The van der Waals surface area contributed by atoms with E-state index in [0.717, 1.165) is 38.6 Å². The van der Waals surface area contributed by atoms with Crippen LogP contribution in [0, 0.1) is 0 Å². The number of hydrogen-bond donors (Lipinski definition) is 2. The van der Waals surface area contributed by atoms with Crippen LogP contribution in [-0.2, 0) is 16.0 Å². The van der Waals surface area contributed by atoms with Crippen LogP contribution in [0.5, 0.6) is 0 Å². The summed E-state index contributed by atoms with van der Waals surface area (Å²) in [4.78, 5) is 25.8. The molecule has 24 heavy (non-hydrogen) atoms. The van der Waals surface area contributed by atoms with Gasteiger partial charge < -0.3 is 11.1 Å². The maximum atomic E-state index is 12.3. The number of piperidine rings is 1. The van der Waals surface area contributed by atoms with E-state index >= 15 is 0 Å². The highest BCUT2D eigenvalue weighted by Crippen LogP contribution is 2.30. The number of primary amides is 1. The van der Waals surface area contributed by atoms with Crippen molar-refractivity contribution >= 4 is 11.8 Å². The normalized spacial score (nSPS) is 24.2. The molecule has 1 aromatic rings. The van der Waals surface area contributed by atoms with Gasteiger partial charge in [-0.05, 0) is 49.8 Å². The highest BCUT2D eigenvalue weighted by molar-refractivity contribution is 5.82. The zero-order chi connectivity index (χ0) is 16.9. The molecule has 2 atom stereocenters. The monoisotopic (exact) mass is 329 g/mol. The number of amides is 2. The van der Waals surface area contributed by atoms with Gasteiger partial charge in [0.05, 0.1) is 12.6 Å². The molecular weight excluding hydrogens is 302 g/mol. The molecule has 3 rings (SSSR count). The van der Waals surface area contributed by atoms with Crippen molar-refractivity contribution in [3.8, 4) is 0 Å². The minimum Gasteiger partial charge on any atom is -0.368 e. The molecule has 1 fully saturated rings. The van der Waals surface area contributed by atoms with Crippen molar-refractivity contribution in [2.75, 3.05) is 19.6 Å². The number of likely N-dealkylation sites (tertiary alicyclic amines) is 1. The van der Waals surface area contributed by atoms with Crippen LogP contribution in [-0.4, -0.2) is 42.4 Å². The number of carbonyl (C=O) groups is 2. The van der Waals surface area contributed by atoms with Gasteiger partial charge >= 0.3 is 0 Å². The van der Waals surface area contributed by atoms with Crippen molar-refractivity contribution in [1.29, 1.82) is 0 Å². The first kappa shape index (κ1) is 17.0. The number of nitrogens with two attached hydrogens (primary N) is 1. The summed E-state index contributed by atoms with van der Waals surface area (Å²) in [6.07, 6.45) is 6.21. The maximum absolute atomic E-state index is 12.3. The number of nitrogens with zero attached hydrogens (tertiary/aromatic N) is 1. The van der Waals surface area contributed by atoms with E-state index in [1.165, 1.54) is 17.5 Å². The van der Waals surface area contributed by atoms with Gasteiger partial charge in [-0.15, -0.1) is 0 Å². The third kappa shape index (κ3) is 3.96. The summed E-state index contributed by atoms with van der Waals surface area (Å²) in [5.41, 5.74) is 8.25. The van der Waals surface area contributed by atoms with Crippen molar-refractivity contribution < 1.29 is 9.59 Å². The average molecular weight is 329 g/mol. The highest BCUT2D eigenvalue weighted by atomic mass is 16.2. The molecule has 2 aliphatic rings. The van der Waals surface area contributed by atoms with E-state index in [4.69, 9.17) is 5.73 Å². The van der Waals surface area contributed by atoms with Gasteiger partial charge in [-0.25, -0.2) is 0 Å². The minimum atomic E-state index is -0.316. The summed E-state index contributed by atoms with van der Waals surface area (Å²) in [6, 6.07) is 8.23. The van der Waals surface area contributed by atoms with E-state index in [-0.39, 0.29) is 24.4 Å². The topological polar surface area (TPSA) is 75.4 Å². The van der Waals surface area contributed by atoms with Crippen LogP contribution in [0.3, 0.4) is 0 Å². The van der Waals surface area contributed by atoms with Gasteiger partial charge in [0.2, 0.25) is 11.8 Å². The van der Waals surface area contributed by atoms with E-state index in [1.807, 2.05) is 4.90 Å². The molecule has 0 bridgehead atoms. The van der Waals surface area contributed by atoms with Crippen LogP contribution in [0.25, 0.3) is 0 Å². The van der Waals surface area contributed by atoms with Crippen molar-refractivity contribution in [2.24, 2.45) is 5.73 Å². The molecule has 0 spiro atoms. The first-order valence-corrected chi connectivity index (χ1v) is 9.03. The lowest BCUT2D eigenvalue weighted by molar-refractivity contribution is -0.128. The number of rotatable bonds is 5. The summed E-state index contributed by atoms with van der Waals surface area (Å²) >= 11 is 0. The van der Waals surface area contributed by atoms with Gasteiger partial charge in [0.25, 0.3) is 0 Å². The second-order valence-electron chi connectivity index (χ2n) is 6.98. The summed E-state index contributed by atoms with van der Waals surface area (Å²) in [5.74, 6) is 0.0714. The van der Waals surface area contributed by atoms with Gasteiger partial charge in [0, 0.05) is 12.5 Å². The van der Waals surface area contributed by atoms with E-state index in [0.29, 0.717) is 12.5 Å². The summed E-state index contributed by atoms with van der Waals surface area (Å²) < 4.78 is 0. The third-order valence-corrected chi connectivity index (χ3v) is 5.33. The Kier molecular flexibility index (Phi) is 5.51. The molecule has 5 nitrogen and oxygen atoms in total. The Balaban J connectivity index is 1.54. The fourth-order valence-electron chi connectivity index (χ4n) is 4.05. The minimum absolute atomic E-state index is 0.00814. The smallest absolute Gasteiger partial charge is 0.234 e. The van der Waals surface area contributed by atoms with Crippen molar-refractivity contribution in [1.82, 2.24) is 10.2 Å². The Morgan fingerprint density at radius 2 is 2.00 bits per heavy atom. The number of benzene rings is 1. The van der Waals surface area contributed by atoms with Crippen LogP contribution in [0.4, 0.5) is 0 Å². The van der Waals surface area contributed by atoms with Crippen LogP contribution in [0.15, 0.2) is 24.3 Å². The molecule has 1 aliphatic carbocycles. The SMILES string of the molecule is NC(=O)C1CCCCN1CC(=O)NCC1CCCc2ccccc21. The van der Waals surface area contributed by atoms with Crippen LogP contribution < -0.4 is 11.1 Å². The largest absolute Gasteiger partial charge is 0.368 e. The predicted molar refractivity (Wildman–Crippen MR) is 93.5 cm³/mol. The van der Waals surface area contributed by atoms with Crippen molar-refractivity contribution in [2.45, 2.75) is 50.5 Å².